The fourth-order valence-corrected chi connectivity index (χ4v) is 2.85. The fourth-order valence-electron chi connectivity index (χ4n) is 2.85. The van der Waals surface area contributed by atoms with Gasteiger partial charge >= 0.3 is 0 Å². The summed E-state index contributed by atoms with van der Waals surface area (Å²) in [5, 5.41) is 9.04. The molecule has 3 N–H and O–H groups in total. The van der Waals surface area contributed by atoms with E-state index in [1.165, 1.54) is 0 Å². The number of hydrogen-bond acceptors (Lipinski definition) is 5. The predicted octanol–water partition coefficient (Wildman–Crippen LogP) is 2.19. The van der Waals surface area contributed by atoms with Crippen LogP contribution < -0.4 is 11.1 Å². The van der Waals surface area contributed by atoms with Crippen molar-refractivity contribution in [3.8, 4) is 0 Å². The average Bonchev–Trinajstić information content (AvgIpc) is 2.93. The molecule has 0 aromatic carbocycles. The Hall–Kier alpha value is -1.82. The minimum Gasteiger partial charge on any atom is -0.396 e. The second-order valence-electron chi connectivity index (χ2n) is 5.43. The van der Waals surface area contributed by atoms with Crippen molar-refractivity contribution in [3.05, 3.63) is 11.9 Å². The third-order valence-corrected chi connectivity index (χ3v) is 4.11. The molecule has 6 nitrogen and oxygen atoms in total. The average molecular weight is 289 g/mol. The summed E-state index contributed by atoms with van der Waals surface area (Å²) in [4.78, 5) is 4.69. The Bertz CT molecular complexity index is 631. The lowest BCUT2D eigenvalue weighted by Gasteiger charge is -2.25. The molecule has 2 aromatic rings. The van der Waals surface area contributed by atoms with E-state index in [2.05, 4.69) is 29.2 Å². The van der Waals surface area contributed by atoms with Gasteiger partial charge in [0, 0.05) is 25.8 Å². The molecule has 3 rings (SSSR count). The molecule has 0 amide bonds. The summed E-state index contributed by atoms with van der Waals surface area (Å²) < 4.78 is 7.34. The molecule has 3 heterocycles. The third-order valence-electron chi connectivity index (χ3n) is 4.11. The van der Waals surface area contributed by atoms with Gasteiger partial charge in [-0.3, -0.25) is 0 Å². The highest BCUT2D eigenvalue weighted by Crippen LogP contribution is 2.32. The number of rotatable bonds is 4. The Kier molecular flexibility index (Phi) is 3.96. The zero-order valence-corrected chi connectivity index (χ0v) is 12.7. The molecule has 1 aliphatic rings. The molecule has 0 aliphatic carbocycles. The summed E-state index contributed by atoms with van der Waals surface area (Å²) in [5.41, 5.74) is 9.93. The van der Waals surface area contributed by atoms with Gasteiger partial charge in [-0.1, -0.05) is 6.92 Å². The molecule has 0 atom stereocenters. The zero-order chi connectivity index (χ0) is 14.8. The van der Waals surface area contributed by atoms with E-state index in [9.17, 15) is 0 Å². The van der Waals surface area contributed by atoms with Crippen LogP contribution in [0.3, 0.4) is 0 Å². The number of aryl methyl sites for hydroxylation is 2. The summed E-state index contributed by atoms with van der Waals surface area (Å²) in [6, 6.07) is 0.404. The van der Waals surface area contributed by atoms with Crippen LogP contribution in [-0.2, 0) is 17.7 Å². The highest BCUT2D eigenvalue weighted by molar-refractivity contribution is 5.96. The van der Waals surface area contributed by atoms with E-state index in [1.807, 2.05) is 10.9 Å². The van der Waals surface area contributed by atoms with E-state index >= 15 is 0 Å². The summed E-state index contributed by atoms with van der Waals surface area (Å²) in [5.74, 6) is 0. The predicted molar refractivity (Wildman–Crippen MR) is 84.5 cm³/mol. The van der Waals surface area contributed by atoms with Gasteiger partial charge < -0.3 is 15.8 Å². The van der Waals surface area contributed by atoms with Crippen LogP contribution in [0.1, 0.15) is 32.4 Å². The first-order chi connectivity index (χ1) is 10.2. The molecule has 2 aromatic heterocycles. The van der Waals surface area contributed by atoms with Crippen molar-refractivity contribution in [2.75, 3.05) is 24.3 Å². The molecule has 1 aliphatic heterocycles. The molecular weight excluding hydrogens is 266 g/mol. The molecular formula is C15H23N5O. The van der Waals surface area contributed by atoms with Gasteiger partial charge in [0.25, 0.3) is 0 Å². The minimum absolute atomic E-state index is 0.404. The molecule has 0 bridgehead atoms. The largest absolute Gasteiger partial charge is 0.396 e. The maximum Gasteiger partial charge on any atom is 0.160 e. The summed E-state index contributed by atoms with van der Waals surface area (Å²) in [6.45, 7) is 6.57. The second kappa shape index (κ2) is 5.89. The molecule has 1 fully saturated rings. The SMILES string of the molecule is CCc1nc2c(cnn2CC)c(NC2CCOCC2)c1N. The van der Waals surface area contributed by atoms with Gasteiger partial charge in [0.2, 0.25) is 0 Å². The lowest BCUT2D eigenvalue weighted by atomic mass is 10.1. The van der Waals surface area contributed by atoms with Gasteiger partial charge in [-0.2, -0.15) is 5.10 Å². The summed E-state index contributed by atoms with van der Waals surface area (Å²) in [6.07, 6.45) is 4.70. The number of pyridine rings is 1. The van der Waals surface area contributed by atoms with E-state index in [-0.39, 0.29) is 0 Å². The van der Waals surface area contributed by atoms with Crippen molar-refractivity contribution in [1.29, 1.82) is 0 Å². The fraction of sp³-hybridized carbons (Fsp3) is 0.600. The Balaban J connectivity index is 2.05. The number of nitrogens with one attached hydrogen (secondary N) is 1. The Morgan fingerprint density at radius 2 is 2.14 bits per heavy atom. The Labute approximate surface area is 124 Å². The van der Waals surface area contributed by atoms with Crippen LogP contribution in [0.25, 0.3) is 11.0 Å². The first-order valence-electron chi connectivity index (χ1n) is 7.72. The van der Waals surface area contributed by atoms with E-state index in [0.29, 0.717) is 6.04 Å². The maximum atomic E-state index is 6.33. The van der Waals surface area contributed by atoms with Crippen LogP contribution in [0.5, 0.6) is 0 Å². The highest BCUT2D eigenvalue weighted by atomic mass is 16.5. The smallest absolute Gasteiger partial charge is 0.160 e. The lowest BCUT2D eigenvalue weighted by Crippen LogP contribution is -2.28. The van der Waals surface area contributed by atoms with Crippen molar-refractivity contribution < 1.29 is 4.74 Å². The van der Waals surface area contributed by atoms with E-state index < -0.39 is 0 Å². The van der Waals surface area contributed by atoms with Crippen LogP contribution in [0.15, 0.2) is 6.20 Å². The minimum atomic E-state index is 0.404. The molecule has 21 heavy (non-hydrogen) atoms. The van der Waals surface area contributed by atoms with Crippen LogP contribution in [0.4, 0.5) is 11.4 Å². The second-order valence-corrected chi connectivity index (χ2v) is 5.43. The number of ether oxygens (including phenoxy) is 1. The number of nitrogens with zero attached hydrogens (tertiary/aromatic N) is 3. The number of nitrogens with two attached hydrogens (primary N) is 1. The van der Waals surface area contributed by atoms with Gasteiger partial charge in [-0.05, 0) is 26.2 Å². The quantitative estimate of drug-likeness (QED) is 0.902. The number of nitrogen functional groups attached to an aromatic ring is 1. The van der Waals surface area contributed by atoms with E-state index in [1.54, 1.807) is 0 Å². The van der Waals surface area contributed by atoms with E-state index in [4.69, 9.17) is 10.5 Å². The van der Waals surface area contributed by atoms with Crippen LogP contribution in [-0.4, -0.2) is 34.0 Å². The maximum absolute atomic E-state index is 6.33. The van der Waals surface area contributed by atoms with Crippen molar-refractivity contribution in [2.45, 2.75) is 45.7 Å². The molecule has 0 radical (unpaired) electrons. The molecule has 0 unspecified atom stereocenters. The summed E-state index contributed by atoms with van der Waals surface area (Å²) in [7, 11) is 0. The van der Waals surface area contributed by atoms with Crippen molar-refractivity contribution in [2.24, 2.45) is 0 Å². The molecule has 1 saturated heterocycles. The molecule has 0 spiro atoms. The molecule has 114 valence electrons. The van der Waals surface area contributed by atoms with Crippen molar-refractivity contribution in [1.82, 2.24) is 14.8 Å². The first kappa shape index (κ1) is 14.1. The number of anilines is 2. The number of aromatic nitrogens is 3. The Morgan fingerprint density at radius 1 is 1.38 bits per heavy atom. The normalized spacial score (nSPS) is 16.5. The van der Waals surface area contributed by atoms with Crippen LogP contribution >= 0.6 is 0 Å². The standard InChI is InChI=1S/C15H23N5O/c1-3-12-13(16)14(18-10-5-7-21-8-6-10)11-9-17-20(4-2)15(11)19-12/h9-10H,3-8,16H2,1-2H3,(H,18,19). The van der Waals surface area contributed by atoms with Crippen LogP contribution in [0.2, 0.25) is 0 Å². The lowest BCUT2D eigenvalue weighted by molar-refractivity contribution is 0.0905. The van der Waals surface area contributed by atoms with Gasteiger partial charge in [-0.15, -0.1) is 0 Å². The van der Waals surface area contributed by atoms with Crippen molar-refractivity contribution >= 4 is 22.4 Å². The van der Waals surface area contributed by atoms with Gasteiger partial charge in [-0.25, -0.2) is 9.67 Å². The summed E-state index contributed by atoms with van der Waals surface area (Å²) >= 11 is 0. The van der Waals surface area contributed by atoms with Crippen LogP contribution in [0, 0.1) is 0 Å². The van der Waals surface area contributed by atoms with Gasteiger partial charge in [0.05, 0.1) is 28.7 Å². The zero-order valence-electron chi connectivity index (χ0n) is 12.7. The number of fused-ring (bicyclic) bond motifs is 1. The highest BCUT2D eigenvalue weighted by Gasteiger charge is 2.20. The molecule has 6 heteroatoms. The van der Waals surface area contributed by atoms with Gasteiger partial charge in [0.1, 0.15) is 0 Å². The topological polar surface area (TPSA) is 78.0 Å². The monoisotopic (exact) mass is 289 g/mol. The van der Waals surface area contributed by atoms with Gasteiger partial charge in [0.15, 0.2) is 5.65 Å². The first-order valence-corrected chi connectivity index (χ1v) is 7.72. The van der Waals surface area contributed by atoms with E-state index in [0.717, 1.165) is 67.1 Å². The third kappa shape index (κ3) is 2.55. The number of hydrogen-bond donors (Lipinski definition) is 2. The Morgan fingerprint density at radius 3 is 2.81 bits per heavy atom. The molecule has 0 saturated carbocycles. The van der Waals surface area contributed by atoms with Crippen molar-refractivity contribution in [3.63, 3.8) is 0 Å².